The number of pyridine rings is 1. The minimum Gasteiger partial charge on any atom is -0.463 e. The second-order valence-electron chi connectivity index (χ2n) is 6.48. The maximum atomic E-state index is 12.7. The number of hydrogen-bond donors (Lipinski definition) is 1. The molecule has 0 spiro atoms. The van der Waals surface area contributed by atoms with E-state index in [0.717, 1.165) is 16.5 Å². The lowest BCUT2D eigenvalue weighted by atomic mass is 10.00. The number of nitrogens with zero attached hydrogens (tertiary/aromatic N) is 2. The highest BCUT2D eigenvalue weighted by Gasteiger charge is 2.34. The van der Waals surface area contributed by atoms with E-state index in [9.17, 15) is 9.59 Å². The SMILES string of the molecule is CCC(=O)N1N=C(c2ccco2)C[C@H]1c1cc2ccc(C)cc2[nH]c1=O. The van der Waals surface area contributed by atoms with Crippen molar-refractivity contribution >= 4 is 22.5 Å². The Hall–Kier alpha value is -3.15. The molecular weight excluding hydrogens is 330 g/mol. The van der Waals surface area contributed by atoms with Gasteiger partial charge in [0.25, 0.3) is 5.56 Å². The monoisotopic (exact) mass is 349 g/mol. The largest absolute Gasteiger partial charge is 0.463 e. The van der Waals surface area contributed by atoms with Gasteiger partial charge in [0.15, 0.2) is 0 Å². The molecule has 1 amide bonds. The number of aromatic nitrogens is 1. The molecule has 1 N–H and O–H groups in total. The van der Waals surface area contributed by atoms with Crippen molar-refractivity contribution in [1.82, 2.24) is 9.99 Å². The fourth-order valence-corrected chi connectivity index (χ4v) is 3.32. The minimum absolute atomic E-state index is 0.125. The lowest BCUT2D eigenvalue weighted by Crippen LogP contribution is -2.30. The van der Waals surface area contributed by atoms with E-state index in [4.69, 9.17) is 4.42 Å². The zero-order valence-electron chi connectivity index (χ0n) is 14.7. The summed E-state index contributed by atoms with van der Waals surface area (Å²) in [6.07, 6.45) is 2.33. The summed E-state index contributed by atoms with van der Waals surface area (Å²) in [5, 5.41) is 6.80. The molecule has 26 heavy (non-hydrogen) atoms. The summed E-state index contributed by atoms with van der Waals surface area (Å²) in [6, 6.07) is 10.9. The Morgan fingerprint density at radius 3 is 2.92 bits per heavy atom. The zero-order valence-corrected chi connectivity index (χ0v) is 14.7. The first-order valence-electron chi connectivity index (χ1n) is 8.64. The molecule has 6 heteroatoms. The van der Waals surface area contributed by atoms with Crippen LogP contribution in [0.4, 0.5) is 0 Å². The zero-order chi connectivity index (χ0) is 18.3. The quantitative estimate of drug-likeness (QED) is 0.786. The minimum atomic E-state index is -0.433. The lowest BCUT2D eigenvalue weighted by Gasteiger charge is -2.21. The summed E-state index contributed by atoms with van der Waals surface area (Å²) < 4.78 is 5.42. The molecule has 1 atom stereocenters. The number of rotatable bonds is 3. The van der Waals surface area contributed by atoms with Gasteiger partial charge in [-0.2, -0.15) is 5.10 Å². The number of benzene rings is 1. The van der Waals surface area contributed by atoms with Gasteiger partial charge in [-0.25, -0.2) is 5.01 Å². The number of nitrogens with one attached hydrogen (secondary N) is 1. The molecule has 0 bridgehead atoms. The van der Waals surface area contributed by atoms with Gasteiger partial charge in [0, 0.05) is 23.9 Å². The Morgan fingerprint density at radius 2 is 2.19 bits per heavy atom. The molecule has 3 aromatic rings. The third-order valence-corrected chi connectivity index (χ3v) is 4.66. The number of carbonyl (C=O) groups excluding carboxylic acids is 1. The first-order chi connectivity index (χ1) is 12.6. The van der Waals surface area contributed by atoms with Crippen LogP contribution in [-0.4, -0.2) is 21.6 Å². The van der Waals surface area contributed by atoms with Crippen molar-refractivity contribution < 1.29 is 9.21 Å². The molecule has 1 aromatic carbocycles. The van der Waals surface area contributed by atoms with Gasteiger partial charge in [-0.05, 0) is 42.1 Å². The number of hydrazone groups is 1. The smallest absolute Gasteiger partial charge is 0.253 e. The van der Waals surface area contributed by atoms with Crippen molar-refractivity contribution in [3.8, 4) is 0 Å². The van der Waals surface area contributed by atoms with Crippen molar-refractivity contribution in [2.75, 3.05) is 0 Å². The summed E-state index contributed by atoms with van der Waals surface area (Å²) in [6.45, 7) is 3.76. The number of aryl methyl sites for hydroxylation is 1. The molecule has 0 radical (unpaired) electrons. The summed E-state index contributed by atoms with van der Waals surface area (Å²) in [4.78, 5) is 28.1. The van der Waals surface area contributed by atoms with Gasteiger partial charge in [-0.3, -0.25) is 9.59 Å². The molecule has 3 heterocycles. The Bertz CT molecular complexity index is 1060. The normalized spacial score (nSPS) is 16.9. The van der Waals surface area contributed by atoms with Crippen LogP contribution in [0.3, 0.4) is 0 Å². The van der Waals surface area contributed by atoms with Gasteiger partial charge in [0.2, 0.25) is 5.91 Å². The fraction of sp³-hybridized carbons (Fsp3) is 0.250. The molecule has 1 aliphatic rings. The standard InChI is InChI=1S/C20H19N3O3/c1-3-19(24)23-17(11-16(22-23)18-5-4-8-26-18)14-10-13-7-6-12(2)9-15(13)21-20(14)25/h4-10,17H,3,11H2,1-2H3,(H,21,25)/t17-/m0/s1. The van der Waals surface area contributed by atoms with Gasteiger partial charge in [0.1, 0.15) is 11.5 Å². The first-order valence-corrected chi connectivity index (χ1v) is 8.64. The number of H-pyrrole nitrogens is 1. The van der Waals surface area contributed by atoms with Crippen LogP contribution < -0.4 is 5.56 Å². The molecule has 6 nitrogen and oxygen atoms in total. The van der Waals surface area contributed by atoms with Crippen LogP contribution in [0, 0.1) is 6.92 Å². The van der Waals surface area contributed by atoms with Crippen molar-refractivity contribution in [3.63, 3.8) is 0 Å². The van der Waals surface area contributed by atoms with Crippen molar-refractivity contribution in [3.05, 3.63) is 69.9 Å². The summed E-state index contributed by atoms with van der Waals surface area (Å²) in [5.74, 6) is 0.495. The van der Waals surface area contributed by atoms with E-state index in [1.165, 1.54) is 5.01 Å². The Kier molecular flexibility index (Phi) is 3.95. The molecule has 4 rings (SSSR count). The van der Waals surface area contributed by atoms with Gasteiger partial charge < -0.3 is 9.40 Å². The van der Waals surface area contributed by atoms with Crippen LogP contribution in [0.25, 0.3) is 10.9 Å². The van der Waals surface area contributed by atoms with Crippen LogP contribution in [0.5, 0.6) is 0 Å². The van der Waals surface area contributed by atoms with E-state index in [2.05, 4.69) is 10.1 Å². The van der Waals surface area contributed by atoms with Crippen molar-refractivity contribution in [2.24, 2.45) is 5.10 Å². The number of fused-ring (bicyclic) bond motifs is 1. The molecule has 132 valence electrons. The Labute approximate surface area is 150 Å². The van der Waals surface area contributed by atoms with Gasteiger partial charge in [-0.15, -0.1) is 0 Å². The number of aromatic amines is 1. The second kappa shape index (κ2) is 6.29. The molecule has 0 fully saturated rings. The molecule has 2 aromatic heterocycles. The Morgan fingerprint density at radius 1 is 1.35 bits per heavy atom. The third kappa shape index (κ3) is 2.73. The van der Waals surface area contributed by atoms with E-state index in [-0.39, 0.29) is 11.5 Å². The average molecular weight is 349 g/mol. The van der Waals surface area contributed by atoms with E-state index >= 15 is 0 Å². The number of furan rings is 1. The maximum Gasteiger partial charge on any atom is 0.253 e. The lowest BCUT2D eigenvalue weighted by molar-refractivity contribution is -0.132. The van der Waals surface area contributed by atoms with E-state index < -0.39 is 6.04 Å². The molecule has 0 aliphatic carbocycles. The highest BCUT2D eigenvalue weighted by Crippen LogP contribution is 2.32. The topological polar surface area (TPSA) is 78.7 Å². The first kappa shape index (κ1) is 16.3. The third-order valence-electron chi connectivity index (χ3n) is 4.66. The molecule has 0 unspecified atom stereocenters. The number of carbonyl (C=O) groups is 1. The van der Waals surface area contributed by atoms with Crippen LogP contribution in [-0.2, 0) is 4.79 Å². The van der Waals surface area contributed by atoms with E-state index in [1.807, 2.05) is 37.3 Å². The van der Waals surface area contributed by atoms with Crippen molar-refractivity contribution in [2.45, 2.75) is 32.7 Å². The van der Waals surface area contributed by atoms with Crippen LogP contribution in [0.1, 0.15) is 42.7 Å². The van der Waals surface area contributed by atoms with E-state index in [1.54, 1.807) is 19.3 Å². The highest BCUT2D eigenvalue weighted by atomic mass is 16.3. The van der Waals surface area contributed by atoms with Gasteiger partial charge in [-0.1, -0.05) is 19.1 Å². The average Bonchev–Trinajstić information content (AvgIpc) is 3.30. The summed E-state index contributed by atoms with van der Waals surface area (Å²) >= 11 is 0. The molecular formula is C20H19N3O3. The highest BCUT2D eigenvalue weighted by molar-refractivity contribution is 6.01. The molecule has 0 saturated carbocycles. The van der Waals surface area contributed by atoms with Gasteiger partial charge >= 0.3 is 0 Å². The predicted molar refractivity (Wildman–Crippen MR) is 99.0 cm³/mol. The molecule has 1 aliphatic heterocycles. The summed E-state index contributed by atoms with van der Waals surface area (Å²) in [5.41, 5.74) is 2.88. The van der Waals surface area contributed by atoms with Gasteiger partial charge in [0.05, 0.1) is 12.3 Å². The second-order valence-corrected chi connectivity index (χ2v) is 6.48. The van der Waals surface area contributed by atoms with Crippen LogP contribution in [0.15, 0.2) is 57.0 Å². The van der Waals surface area contributed by atoms with Crippen LogP contribution >= 0.6 is 0 Å². The van der Waals surface area contributed by atoms with Crippen LogP contribution in [0.2, 0.25) is 0 Å². The van der Waals surface area contributed by atoms with Crippen molar-refractivity contribution in [1.29, 1.82) is 0 Å². The summed E-state index contributed by atoms with van der Waals surface area (Å²) in [7, 11) is 0. The number of amides is 1. The Balaban J connectivity index is 1.79. The number of hydrogen-bond acceptors (Lipinski definition) is 4. The molecule has 0 saturated heterocycles. The van der Waals surface area contributed by atoms with E-state index in [0.29, 0.717) is 29.9 Å². The predicted octanol–water partition coefficient (Wildman–Crippen LogP) is 3.52. The maximum absolute atomic E-state index is 12.7. The fourth-order valence-electron chi connectivity index (χ4n) is 3.32.